The van der Waals surface area contributed by atoms with E-state index in [0.29, 0.717) is 18.5 Å². The maximum Gasteiger partial charge on any atom is 0.419 e. The van der Waals surface area contributed by atoms with Crippen molar-refractivity contribution in [2.75, 3.05) is 13.2 Å². The topological polar surface area (TPSA) is 101 Å². The minimum atomic E-state index is -4.75. The van der Waals surface area contributed by atoms with Gasteiger partial charge in [-0.15, -0.1) is 0 Å². The first-order chi connectivity index (χ1) is 16.9. The van der Waals surface area contributed by atoms with Crippen LogP contribution in [0.4, 0.5) is 26.3 Å². The highest BCUT2D eigenvalue weighted by Crippen LogP contribution is 2.39. The summed E-state index contributed by atoms with van der Waals surface area (Å²) in [6.45, 7) is 0.358. The summed E-state index contributed by atoms with van der Waals surface area (Å²) >= 11 is 0. The maximum atomic E-state index is 13.7. The first-order valence-electron chi connectivity index (χ1n) is 10.9. The highest BCUT2D eigenvalue weighted by molar-refractivity contribution is 5.75. The van der Waals surface area contributed by atoms with E-state index in [4.69, 9.17) is 20.4 Å². The van der Waals surface area contributed by atoms with Gasteiger partial charge in [0.1, 0.15) is 11.8 Å². The molecule has 0 bridgehead atoms. The Bertz CT molecular complexity index is 1220. The van der Waals surface area contributed by atoms with Gasteiger partial charge >= 0.3 is 12.4 Å². The van der Waals surface area contributed by atoms with Gasteiger partial charge in [0, 0.05) is 18.5 Å². The van der Waals surface area contributed by atoms with Crippen LogP contribution in [0.2, 0.25) is 0 Å². The normalized spacial score (nSPS) is 16.4. The molecule has 1 aliphatic heterocycles. The second-order valence-corrected chi connectivity index (χ2v) is 8.19. The third kappa shape index (κ3) is 5.55. The predicted molar refractivity (Wildman–Crippen MR) is 116 cm³/mol. The lowest BCUT2D eigenvalue weighted by Crippen LogP contribution is -2.35. The predicted octanol–water partition coefficient (Wildman–Crippen LogP) is 5.43. The highest BCUT2D eigenvalue weighted by atomic mass is 19.4. The zero-order chi connectivity index (χ0) is 26.1. The summed E-state index contributed by atoms with van der Waals surface area (Å²) in [6, 6.07) is 7.25. The maximum absolute atomic E-state index is 13.7. The lowest BCUT2D eigenvalue weighted by molar-refractivity contribution is -0.139. The second-order valence-electron chi connectivity index (χ2n) is 8.19. The average Bonchev–Trinajstić information content (AvgIpc) is 3.48. The average molecular weight is 513 g/mol. The van der Waals surface area contributed by atoms with Crippen LogP contribution in [-0.4, -0.2) is 34.2 Å². The van der Waals surface area contributed by atoms with Gasteiger partial charge in [-0.3, -0.25) is 5.41 Å². The van der Waals surface area contributed by atoms with E-state index in [2.05, 4.69) is 10.1 Å². The SMILES string of the molecule is N=C(N)N1CCCC1c1nc(-c2ccc(OCCc3ccc(C(F)(F)F)cc3)c(C(F)(F)F)c2)no1. The summed E-state index contributed by atoms with van der Waals surface area (Å²) in [6.07, 6.45) is -7.75. The number of benzene rings is 2. The van der Waals surface area contributed by atoms with Gasteiger partial charge in [0.05, 0.1) is 17.7 Å². The fraction of sp³-hybridized carbons (Fsp3) is 0.348. The summed E-state index contributed by atoms with van der Waals surface area (Å²) in [5, 5.41) is 11.4. The number of likely N-dealkylation sites (tertiary alicyclic amines) is 1. The molecule has 7 nitrogen and oxygen atoms in total. The standard InChI is InChI=1S/C23H21F6N5O2/c24-22(25,26)15-6-3-13(4-7-15)9-11-35-18-8-5-14(12-16(18)23(27,28)29)19-32-20(36-33-19)17-2-1-10-34(17)21(30)31/h3-8,12,17H,1-2,9-11H2,(H3,30,31). The van der Waals surface area contributed by atoms with Crippen molar-refractivity contribution < 1.29 is 35.6 Å². The lowest BCUT2D eigenvalue weighted by atomic mass is 10.1. The van der Waals surface area contributed by atoms with Crippen LogP contribution in [0.5, 0.6) is 5.75 Å². The van der Waals surface area contributed by atoms with Crippen molar-refractivity contribution in [3.05, 3.63) is 65.0 Å². The van der Waals surface area contributed by atoms with Crippen molar-refractivity contribution in [2.45, 2.75) is 37.7 Å². The van der Waals surface area contributed by atoms with Crippen LogP contribution in [0.15, 0.2) is 47.0 Å². The Hall–Kier alpha value is -3.77. The van der Waals surface area contributed by atoms with Crippen molar-refractivity contribution in [3.8, 4) is 17.1 Å². The molecule has 1 aromatic heterocycles. The number of nitrogens with one attached hydrogen (secondary N) is 1. The number of ether oxygens (including phenoxy) is 1. The monoisotopic (exact) mass is 513 g/mol. The Morgan fingerprint density at radius 2 is 1.81 bits per heavy atom. The smallest absolute Gasteiger partial charge is 0.419 e. The Morgan fingerprint density at radius 3 is 2.44 bits per heavy atom. The molecule has 3 N–H and O–H groups in total. The van der Waals surface area contributed by atoms with E-state index >= 15 is 0 Å². The van der Waals surface area contributed by atoms with Gasteiger partial charge in [-0.1, -0.05) is 17.3 Å². The molecule has 0 radical (unpaired) electrons. The van der Waals surface area contributed by atoms with Crippen molar-refractivity contribution in [2.24, 2.45) is 5.73 Å². The van der Waals surface area contributed by atoms with Gasteiger partial charge in [0.15, 0.2) is 5.96 Å². The van der Waals surface area contributed by atoms with E-state index in [1.807, 2.05) is 0 Å². The molecule has 1 fully saturated rings. The molecular weight excluding hydrogens is 492 g/mol. The highest BCUT2D eigenvalue weighted by Gasteiger charge is 2.36. The number of hydrogen-bond acceptors (Lipinski definition) is 5. The van der Waals surface area contributed by atoms with E-state index < -0.39 is 35.3 Å². The summed E-state index contributed by atoms with van der Waals surface area (Å²) in [7, 11) is 0. The van der Waals surface area contributed by atoms with Crippen molar-refractivity contribution >= 4 is 5.96 Å². The fourth-order valence-electron chi connectivity index (χ4n) is 3.96. The molecule has 1 aliphatic rings. The number of aromatic nitrogens is 2. The molecule has 0 saturated carbocycles. The minimum Gasteiger partial charge on any atom is -0.493 e. The molecule has 0 aliphatic carbocycles. The summed E-state index contributed by atoms with van der Waals surface area (Å²) in [5.74, 6) is -0.486. The molecule has 1 atom stereocenters. The molecule has 2 heterocycles. The number of rotatable bonds is 6. The Balaban J connectivity index is 1.49. The first kappa shape index (κ1) is 25.3. The fourth-order valence-corrected chi connectivity index (χ4v) is 3.96. The van der Waals surface area contributed by atoms with Crippen LogP contribution in [0.3, 0.4) is 0 Å². The van der Waals surface area contributed by atoms with Gasteiger partial charge in [-0.2, -0.15) is 31.3 Å². The molecule has 13 heteroatoms. The van der Waals surface area contributed by atoms with Crippen LogP contribution >= 0.6 is 0 Å². The molecule has 0 spiro atoms. The van der Waals surface area contributed by atoms with Crippen LogP contribution in [0.25, 0.3) is 11.4 Å². The molecule has 36 heavy (non-hydrogen) atoms. The van der Waals surface area contributed by atoms with Gasteiger partial charge in [-0.05, 0) is 48.7 Å². The summed E-state index contributed by atoms with van der Waals surface area (Å²) in [5.41, 5.74) is 4.24. The molecule has 2 aromatic carbocycles. The van der Waals surface area contributed by atoms with Crippen molar-refractivity contribution in [3.63, 3.8) is 0 Å². The number of hydrogen-bond donors (Lipinski definition) is 2. The molecule has 1 saturated heterocycles. The van der Waals surface area contributed by atoms with Gasteiger partial charge in [0.25, 0.3) is 0 Å². The molecule has 4 rings (SSSR count). The number of nitrogens with two attached hydrogens (primary N) is 1. The van der Waals surface area contributed by atoms with Crippen molar-refractivity contribution in [1.29, 1.82) is 5.41 Å². The number of guanidine groups is 1. The molecule has 1 unspecified atom stereocenters. The number of nitrogens with zero attached hydrogens (tertiary/aromatic N) is 3. The van der Waals surface area contributed by atoms with Crippen LogP contribution < -0.4 is 10.5 Å². The van der Waals surface area contributed by atoms with Crippen molar-refractivity contribution in [1.82, 2.24) is 15.0 Å². The number of alkyl halides is 6. The molecule has 0 amide bonds. The Morgan fingerprint density at radius 1 is 1.08 bits per heavy atom. The molecule has 192 valence electrons. The minimum absolute atomic E-state index is 0.0535. The van der Waals surface area contributed by atoms with Crippen LogP contribution in [0, 0.1) is 5.41 Å². The van der Waals surface area contributed by atoms with E-state index in [0.717, 1.165) is 30.7 Å². The van der Waals surface area contributed by atoms with Gasteiger partial charge in [0.2, 0.25) is 11.7 Å². The van der Waals surface area contributed by atoms with E-state index in [9.17, 15) is 26.3 Å². The molecular formula is C23H21F6N5O2. The first-order valence-corrected chi connectivity index (χ1v) is 10.9. The second kappa shape index (κ2) is 9.70. The quantitative estimate of drug-likeness (QED) is 0.259. The van der Waals surface area contributed by atoms with E-state index in [1.54, 1.807) is 4.90 Å². The number of halogens is 6. The zero-order valence-corrected chi connectivity index (χ0v) is 18.7. The Kier molecular flexibility index (Phi) is 6.83. The van der Waals surface area contributed by atoms with E-state index in [-0.39, 0.29) is 36.3 Å². The summed E-state index contributed by atoms with van der Waals surface area (Å²) in [4.78, 5) is 5.79. The third-order valence-corrected chi connectivity index (χ3v) is 5.76. The van der Waals surface area contributed by atoms with Crippen LogP contribution in [0.1, 0.15) is 41.5 Å². The van der Waals surface area contributed by atoms with Gasteiger partial charge < -0.3 is 19.9 Å². The zero-order valence-electron chi connectivity index (χ0n) is 18.7. The van der Waals surface area contributed by atoms with E-state index in [1.165, 1.54) is 18.2 Å². The third-order valence-electron chi connectivity index (χ3n) is 5.76. The lowest BCUT2D eigenvalue weighted by Gasteiger charge is -2.21. The Labute approximate surface area is 201 Å². The van der Waals surface area contributed by atoms with Gasteiger partial charge in [-0.25, -0.2) is 0 Å². The summed E-state index contributed by atoms with van der Waals surface area (Å²) < 4.78 is 89.8. The van der Waals surface area contributed by atoms with Crippen LogP contribution in [-0.2, 0) is 18.8 Å². The largest absolute Gasteiger partial charge is 0.493 e. The molecule has 3 aromatic rings.